The minimum atomic E-state index is 0.763. The van der Waals surface area contributed by atoms with E-state index in [0.717, 1.165) is 18.3 Å². The van der Waals surface area contributed by atoms with Gasteiger partial charge < -0.3 is 4.74 Å². The quantitative estimate of drug-likeness (QED) is 0.772. The van der Waals surface area contributed by atoms with Crippen LogP contribution in [0.3, 0.4) is 0 Å². The molecular weight excluding hydrogens is 308 g/mol. The molecule has 1 aliphatic heterocycles. The summed E-state index contributed by atoms with van der Waals surface area (Å²) in [5.74, 6) is 1.62. The normalized spacial score (nSPS) is 16.1. The van der Waals surface area contributed by atoms with Crippen LogP contribution in [0.15, 0.2) is 36.5 Å². The first-order chi connectivity index (χ1) is 12.2. The zero-order valence-electron chi connectivity index (χ0n) is 15.8. The largest absolute Gasteiger partial charge is 0.481 e. The first-order valence-electron chi connectivity index (χ1n) is 9.42. The molecule has 0 radical (unpaired) electrons. The molecule has 1 aromatic carbocycles. The molecule has 2 aromatic rings. The van der Waals surface area contributed by atoms with E-state index in [0.29, 0.717) is 0 Å². The van der Waals surface area contributed by atoms with E-state index in [1.807, 2.05) is 6.07 Å². The van der Waals surface area contributed by atoms with Crippen LogP contribution in [-0.4, -0.2) is 30.1 Å². The molecule has 3 heteroatoms. The fourth-order valence-corrected chi connectivity index (χ4v) is 3.83. The third-order valence-electron chi connectivity index (χ3n) is 5.47. The van der Waals surface area contributed by atoms with Crippen molar-refractivity contribution in [3.63, 3.8) is 0 Å². The van der Waals surface area contributed by atoms with E-state index in [4.69, 9.17) is 4.74 Å². The molecule has 2 heterocycles. The number of aryl methyl sites for hydroxylation is 3. The Bertz CT molecular complexity index is 690. The van der Waals surface area contributed by atoms with Crippen molar-refractivity contribution in [1.82, 2.24) is 9.88 Å². The number of hydrogen-bond acceptors (Lipinski definition) is 3. The Morgan fingerprint density at radius 2 is 1.92 bits per heavy atom. The summed E-state index contributed by atoms with van der Waals surface area (Å²) in [6, 6.07) is 10.9. The van der Waals surface area contributed by atoms with Crippen molar-refractivity contribution in [1.29, 1.82) is 0 Å². The summed E-state index contributed by atoms with van der Waals surface area (Å²) in [6.07, 6.45) is 6.92. The van der Waals surface area contributed by atoms with E-state index >= 15 is 0 Å². The number of benzene rings is 1. The van der Waals surface area contributed by atoms with Gasteiger partial charge in [-0.25, -0.2) is 4.98 Å². The summed E-state index contributed by atoms with van der Waals surface area (Å²) in [4.78, 5) is 6.84. The third kappa shape index (κ3) is 4.82. The summed E-state index contributed by atoms with van der Waals surface area (Å²) in [5, 5.41) is 0. The maximum absolute atomic E-state index is 5.38. The van der Waals surface area contributed by atoms with Gasteiger partial charge in [0.05, 0.1) is 7.11 Å². The number of ether oxygens (including phenoxy) is 1. The Hall–Kier alpha value is -1.87. The minimum absolute atomic E-state index is 0.763. The number of pyridine rings is 1. The van der Waals surface area contributed by atoms with E-state index in [1.165, 1.54) is 61.0 Å². The van der Waals surface area contributed by atoms with Gasteiger partial charge in [-0.3, -0.25) is 4.90 Å². The van der Waals surface area contributed by atoms with Gasteiger partial charge in [0.15, 0.2) is 0 Å². The van der Waals surface area contributed by atoms with Gasteiger partial charge >= 0.3 is 0 Å². The van der Waals surface area contributed by atoms with Crippen LogP contribution in [0.5, 0.6) is 5.88 Å². The first kappa shape index (κ1) is 17.9. The fourth-order valence-electron chi connectivity index (χ4n) is 3.83. The third-order valence-corrected chi connectivity index (χ3v) is 5.47. The SMILES string of the molecule is COc1ncccc1CN1CCC(CCc2cc(C)ccc2C)CC1. The van der Waals surface area contributed by atoms with Gasteiger partial charge in [0.2, 0.25) is 5.88 Å². The number of nitrogens with zero attached hydrogens (tertiary/aromatic N) is 2. The monoisotopic (exact) mass is 338 g/mol. The second-order valence-corrected chi connectivity index (χ2v) is 7.36. The van der Waals surface area contributed by atoms with Crippen molar-refractivity contribution in [3.05, 3.63) is 58.8 Å². The average Bonchev–Trinajstić information content (AvgIpc) is 2.64. The lowest BCUT2D eigenvalue weighted by Gasteiger charge is -2.32. The molecule has 0 aliphatic carbocycles. The van der Waals surface area contributed by atoms with Crippen molar-refractivity contribution in [2.24, 2.45) is 5.92 Å². The molecular formula is C22H30N2O. The number of aromatic nitrogens is 1. The van der Waals surface area contributed by atoms with Crippen molar-refractivity contribution in [2.75, 3.05) is 20.2 Å². The lowest BCUT2D eigenvalue weighted by molar-refractivity contribution is 0.170. The Morgan fingerprint density at radius 3 is 2.68 bits per heavy atom. The highest BCUT2D eigenvalue weighted by atomic mass is 16.5. The van der Waals surface area contributed by atoms with Crippen molar-refractivity contribution >= 4 is 0 Å². The summed E-state index contributed by atoms with van der Waals surface area (Å²) in [6.45, 7) is 7.72. The number of methoxy groups -OCH3 is 1. The van der Waals surface area contributed by atoms with Crippen molar-refractivity contribution < 1.29 is 4.74 Å². The first-order valence-corrected chi connectivity index (χ1v) is 9.42. The summed E-state index contributed by atoms with van der Waals surface area (Å²) in [7, 11) is 1.70. The van der Waals surface area contributed by atoms with Crippen LogP contribution in [0, 0.1) is 19.8 Å². The predicted molar refractivity (Wildman–Crippen MR) is 103 cm³/mol. The van der Waals surface area contributed by atoms with Crippen molar-refractivity contribution in [3.8, 4) is 5.88 Å². The van der Waals surface area contributed by atoms with Gasteiger partial charge in [-0.05, 0) is 75.7 Å². The van der Waals surface area contributed by atoms with Crippen LogP contribution in [0.2, 0.25) is 0 Å². The van der Waals surface area contributed by atoms with Crippen LogP contribution in [0.25, 0.3) is 0 Å². The van der Waals surface area contributed by atoms with Gasteiger partial charge in [0.25, 0.3) is 0 Å². The molecule has 1 saturated heterocycles. The standard InChI is InChI=1S/C22H30N2O/c1-17-6-7-18(2)20(15-17)9-8-19-10-13-24(14-11-19)16-21-5-4-12-23-22(21)25-3/h4-7,12,15,19H,8-11,13-14,16H2,1-3H3. The van der Waals surface area contributed by atoms with E-state index < -0.39 is 0 Å². The molecule has 25 heavy (non-hydrogen) atoms. The van der Waals surface area contributed by atoms with Gasteiger partial charge in [-0.15, -0.1) is 0 Å². The number of rotatable bonds is 6. The fraction of sp³-hybridized carbons (Fsp3) is 0.500. The second kappa shape index (κ2) is 8.48. The summed E-state index contributed by atoms with van der Waals surface area (Å²) < 4.78 is 5.38. The molecule has 0 bridgehead atoms. The highest BCUT2D eigenvalue weighted by Gasteiger charge is 2.20. The molecule has 3 rings (SSSR count). The molecule has 0 N–H and O–H groups in total. The lowest BCUT2D eigenvalue weighted by Crippen LogP contribution is -2.33. The van der Waals surface area contributed by atoms with E-state index in [-0.39, 0.29) is 0 Å². The van der Waals surface area contributed by atoms with Gasteiger partial charge in [0.1, 0.15) is 0 Å². The van der Waals surface area contributed by atoms with Crippen LogP contribution in [0.4, 0.5) is 0 Å². The molecule has 0 saturated carbocycles. The highest BCUT2D eigenvalue weighted by Crippen LogP contribution is 2.26. The highest BCUT2D eigenvalue weighted by molar-refractivity contribution is 5.30. The Morgan fingerprint density at radius 1 is 1.12 bits per heavy atom. The van der Waals surface area contributed by atoms with Gasteiger partial charge in [0, 0.05) is 18.3 Å². The molecule has 1 fully saturated rings. The summed E-state index contributed by atoms with van der Waals surface area (Å²) in [5.41, 5.74) is 5.54. The predicted octanol–water partition coefficient (Wildman–Crippen LogP) is 4.55. The summed E-state index contributed by atoms with van der Waals surface area (Å²) >= 11 is 0. The topological polar surface area (TPSA) is 25.4 Å². The maximum atomic E-state index is 5.38. The molecule has 0 spiro atoms. The Kier molecular flexibility index (Phi) is 6.09. The van der Waals surface area contributed by atoms with Crippen molar-refractivity contribution in [2.45, 2.75) is 46.1 Å². The molecule has 134 valence electrons. The average molecular weight is 338 g/mol. The minimum Gasteiger partial charge on any atom is -0.481 e. The molecule has 1 aliphatic rings. The Labute approximate surface area is 152 Å². The lowest BCUT2D eigenvalue weighted by atomic mass is 9.89. The maximum Gasteiger partial charge on any atom is 0.217 e. The zero-order valence-corrected chi connectivity index (χ0v) is 15.8. The molecule has 0 atom stereocenters. The van der Waals surface area contributed by atoms with Crippen LogP contribution >= 0.6 is 0 Å². The molecule has 0 unspecified atom stereocenters. The molecule has 0 amide bonds. The van der Waals surface area contributed by atoms with E-state index in [9.17, 15) is 0 Å². The van der Waals surface area contributed by atoms with E-state index in [2.05, 4.69) is 48.0 Å². The smallest absolute Gasteiger partial charge is 0.217 e. The number of likely N-dealkylation sites (tertiary alicyclic amines) is 1. The van der Waals surface area contributed by atoms with Gasteiger partial charge in [-0.2, -0.15) is 0 Å². The van der Waals surface area contributed by atoms with E-state index in [1.54, 1.807) is 13.3 Å². The van der Waals surface area contributed by atoms with Crippen LogP contribution in [0.1, 0.15) is 41.5 Å². The molecule has 1 aromatic heterocycles. The Balaban J connectivity index is 1.48. The number of hydrogen-bond donors (Lipinski definition) is 0. The molecule has 3 nitrogen and oxygen atoms in total. The number of piperidine rings is 1. The van der Waals surface area contributed by atoms with Crippen LogP contribution < -0.4 is 4.74 Å². The van der Waals surface area contributed by atoms with Gasteiger partial charge in [-0.1, -0.05) is 29.8 Å². The second-order valence-electron chi connectivity index (χ2n) is 7.36. The zero-order chi connectivity index (χ0) is 17.6. The van der Waals surface area contributed by atoms with Crippen LogP contribution in [-0.2, 0) is 13.0 Å².